The SMILES string of the molecule is C.C.C.C.CC(C)(C)[Si](C)(C)O[C@@H]1C2OP(O)(=S)OC[C@H]3O[C@@H](n4cnc5c(N)ncnc54)C(F)[C@H]3OP(=O)(S)OC[C@H]1O[C@H]2n1cnc2c(=O)[nH]c(N)nc21.F.Nc1nc2c(ncn2[C@@H]2O[C@@H]3COP(O)(=S)O[C@@H]4C[C@H](n5cnc6c(N)ncnc65)O[C@@H]4COP(O)(=S)OC2[C@H]3O)c(=O)[nH]1. The van der Waals surface area contributed by atoms with Gasteiger partial charge in [-0.1, -0.05) is 62.7 Å². The lowest BCUT2D eigenvalue weighted by molar-refractivity contribution is -0.0600. The van der Waals surface area contributed by atoms with Crippen LogP contribution in [0.25, 0.3) is 44.7 Å². The van der Waals surface area contributed by atoms with Gasteiger partial charge in [-0.3, -0.25) is 60.6 Å². The highest BCUT2D eigenvalue weighted by Gasteiger charge is 2.57. The quantitative estimate of drug-likeness (QED) is 0.0626. The minimum Gasteiger partial charge on any atom is -0.408 e. The Hall–Kier alpha value is -5.07. The zero-order valence-electron chi connectivity index (χ0n) is 50.8. The van der Waals surface area contributed by atoms with Crippen LogP contribution in [0.1, 0.15) is 81.8 Å². The van der Waals surface area contributed by atoms with Gasteiger partial charge in [-0.2, -0.15) is 9.97 Å². The molecule has 8 aromatic heterocycles. The topological polar surface area (TPSA) is 536 Å². The first kappa shape index (κ1) is 81.6. The average Bonchev–Trinajstić information content (AvgIpc) is 1.64. The monoisotopic (exact) mass is 1600 g/mol. The second-order valence-corrected chi connectivity index (χ2v) is 40.0. The number of H-pyrrole nitrogens is 2. The fourth-order valence-corrected chi connectivity index (χ4v) is 18.3. The van der Waals surface area contributed by atoms with E-state index in [4.69, 9.17) is 118 Å². The lowest BCUT2D eigenvalue weighted by Crippen LogP contribution is -2.50. The van der Waals surface area contributed by atoms with Gasteiger partial charge in [-0.05, 0) is 53.6 Å². The molecule has 51 heteroatoms. The number of anilines is 4. The Balaban J connectivity index is 0.000000247. The summed E-state index contributed by atoms with van der Waals surface area (Å²) in [6.45, 7) is -8.69. The van der Waals surface area contributed by atoms with Gasteiger partial charge in [0.2, 0.25) is 11.9 Å². The highest BCUT2D eigenvalue weighted by molar-refractivity contribution is 8.44. The number of nitrogens with two attached hydrogens (primary N) is 4. The van der Waals surface area contributed by atoms with E-state index in [0.717, 1.165) is 0 Å². The average molecular weight is 1600 g/mol. The van der Waals surface area contributed by atoms with Crippen molar-refractivity contribution in [1.29, 1.82) is 0 Å². The van der Waals surface area contributed by atoms with Crippen LogP contribution in [0.2, 0.25) is 18.1 Å². The number of imidazole rings is 4. The second kappa shape index (κ2) is 30.4. The van der Waals surface area contributed by atoms with E-state index < -0.39 is 158 Å². The Morgan fingerprint density at radius 2 is 1.02 bits per heavy atom. The van der Waals surface area contributed by atoms with Crippen molar-refractivity contribution in [2.45, 2.75) is 167 Å². The standard InChI is InChI=1S/C26H37FN10O10P2S2Si.C20H24N10O10P2S2.4CH4.FH/c1-26(2,3)52(4,5)47-17-12-7-42-48(39,50)45-16-11(43-23(13(16)27)36-9-32-14-19(28)30-8-31-20(14)36)6-41-49(40,51)46-18(17)24(44-12)37-10-33-15-21(37)34-25(29)35-22(15)38;21-15-11-16(24-4-23-15)29(5-25-11)10-1-7-8(37-10)2-35-42(34,44)40-14-13(31)9(3-36-41(33,43)39-7)38-19(14)30-6-26-12-17(30)27-20(22)28-18(12)32;;;;;/h8-13,16-18,23-24H,6-7H2,1-5H3,(H,39,50)(H,40,51)(H2,28,30,31)(H3,29,34,35,38);4-10,13-14,19,31H,1-3H2,(H,33,43)(H,34,44)(H2,21,23,24)(H3,22,27,28,32);4*1H4;1H/t11-,12-,13?,16+,17+,18?,23-,24-,48?,49?;7-,8-,9-,10-,13+,14?,19-,41?,42?;;;;;/m11...../s1. The summed E-state index contributed by atoms with van der Waals surface area (Å²) in [4.78, 5) is 105. The molecule has 4 bridgehead atoms. The molecule has 19 atom stereocenters. The molecule has 101 heavy (non-hydrogen) atoms. The molecule has 0 radical (unpaired) electrons. The number of aromatic nitrogens is 16. The van der Waals surface area contributed by atoms with Crippen molar-refractivity contribution in [2.75, 3.05) is 49.4 Å². The summed E-state index contributed by atoms with van der Waals surface area (Å²) in [5, 5.41) is 10.8. The van der Waals surface area contributed by atoms with E-state index in [1.165, 1.54) is 51.7 Å². The Labute approximate surface area is 594 Å². The lowest BCUT2D eigenvalue weighted by Gasteiger charge is -2.40. The van der Waals surface area contributed by atoms with Crippen LogP contribution in [0.3, 0.4) is 0 Å². The zero-order chi connectivity index (χ0) is 68.5. The summed E-state index contributed by atoms with van der Waals surface area (Å²) < 4.78 is 113. The van der Waals surface area contributed by atoms with Gasteiger partial charge >= 0.3 is 27.0 Å². The number of nitrogen functional groups attached to an aromatic ring is 4. The van der Waals surface area contributed by atoms with Gasteiger partial charge in [0.05, 0.1) is 57.8 Å². The number of aliphatic hydroxyl groups excluding tert-OH is 1. The smallest absolute Gasteiger partial charge is 0.386 e. The molecule has 14 heterocycles. The molecule has 6 aliphatic heterocycles. The number of fused-ring (bicyclic) bond motifs is 10. The van der Waals surface area contributed by atoms with Crippen LogP contribution < -0.4 is 34.1 Å². The summed E-state index contributed by atoms with van der Waals surface area (Å²) in [5.74, 6) is -0.144. The molecule has 0 aromatic carbocycles. The van der Waals surface area contributed by atoms with Crippen molar-refractivity contribution in [3.05, 3.63) is 58.7 Å². The summed E-state index contributed by atoms with van der Waals surface area (Å²) in [7, 11) is -2.68. The van der Waals surface area contributed by atoms with Crippen LogP contribution in [-0.4, -0.2) is 200 Å². The predicted molar refractivity (Wildman–Crippen MR) is 377 cm³/mol. The number of hydrogen-bond donors (Lipinski definition) is 11. The van der Waals surface area contributed by atoms with Gasteiger partial charge in [-0.15, -0.1) is 0 Å². The van der Waals surface area contributed by atoms with Crippen LogP contribution in [0, 0.1) is 0 Å². The molecule has 560 valence electrons. The van der Waals surface area contributed by atoms with Crippen LogP contribution >= 0.6 is 39.2 Å². The van der Waals surface area contributed by atoms with E-state index in [2.05, 4.69) is 72.1 Å². The summed E-state index contributed by atoms with van der Waals surface area (Å²) >= 11 is 20.2. The maximum Gasteiger partial charge on any atom is 0.386 e. The second-order valence-electron chi connectivity index (χ2n) is 24.0. The van der Waals surface area contributed by atoms with E-state index in [9.17, 15) is 33.9 Å². The molecule has 6 fully saturated rings. The molecule has 6 aliphatic rings. The number of alkyl halides is 1. The molecule has 40 nitrogen and oxygen atoms in total. The fourth-order valence-electron chi connectivity index (χ4n) is 11.2. The number of hydrogen-bond acceptors (Lipinski definition) is 34. The number of nitrogens with one attached hydrogen (secondary N) is 2. The molecule has 7 unspecified atom stereocenters. The summed E-state index contributed by atoms with van der Waals surface area (Å²) in [6.07, 6.45) is -11.0. The number of ether oxygens (including phenoxy) is 4. The highest BCUT2D eigenvalue weighted by atomic mass is 32.7. The number of aromatic amines is 2. The van der Waals surface area contributed by atoms with E-state index >= 15 is 4.39 Å². The minimum absolute atomic E-state index is 0. The molecule has 0 aliphatic carbocycles. The van der Waals surface area contributed by atoms with Crippen LogP contribution in [0.4, 0.5) is 32.6 Å². The van der Waals surface area contributed by atoms with Crippen LogP contribution in [0.15, 0.2) is 47.6 Å². The largest absolute Gasteiger partial charge is 0.408 e. The number of rotatable bonds is 6. The van der Waals surface area contributed by atoms with Crippen LogP contribution in [-0.2, 0) is 99.5 Å². The highest BCUT2D eigenvalue weighted by Crippen LogP contribution is 2.60. The van der Waals surface area contributed by atoms with E-state index in [0.29, 0.717) is 11.2 Å². The maximum atomic E-state index is 16.3. The van der Waals surface area contributed by atoms with E-state index in [1.807, 2.05) is 33.9 Å². The molecule has 0 saturated carbocycles. The van der Waals surface area contributed by atoms with E-state index in [-0.39, 0.29) is 110 Å². The van der Waals surface area contributed by atoms with Gasteiger partial charge in [0.15, 0.2) is 78.4 Å². The molecule has 8 aromatic rings. The summed E-state index contributed by atoms with van der Waals surface area (Å²) in [5.41, 5.74) is 23.2. The van der Waals surface area contributed by atoms with Gasteiger partial charge in [0.1, 0.15) is 84.9 Å². The van der Waals surface area contributed by atoms with Crippen molar-refractivity contribution >= 4 is 151 Å². The Morgan fingerprint density at radius 1 is 0.584 bits per heavy atom. The molecular weight excluding hydrogens is 1520 g/mol. The van der Waals surface area contributed by atoms with Crippen molar-refractivity contribution in [3.63, 3.8) is 0 Å². The van der Waals surface area contributed by atoms with Gasteiger partial charge in [-0.25, -0.2) is 48.8 Å². The third-order valence-electron chi connectivity index (χ3n) is 16.7. The van der Waals surface area contributed by atoms with Gasteiger partial charge in [0, 0.05) is 6.42 Å². The van der Waals surface area contributed by atoms with Crippen molar-refractivity contribution in [3.8, 4) is 0 Å². The van der Waals surface area contributed by atoms with Crippen molar-refractivity contribution in [1.82, 2.24) is 78.1 Å². The number of nitrogens with zero attached hydrogens (tertiary/aromatic N) is 14. The number of halogens is 2. The molecule has 14 rings (SSSR count). The fraction of sp³-hybridized carbons (Fsp3) is 0.600. The normalized spacial score (nSPS) is 33.9. The first-order chi connectivity index (χ1) is 45.1. The van der Waals surface area contributed by atoms with Gasteiger partial charge in [0.25, 0.3) is 11.1 Å². The predicted octanol–water partition coefficient (Wildman–Crippen LogP) is 4.34. The number of thiol groups is 1. The minimum atomic E-state index is -4.42. The third-order valence-corrected chi connectivity index (χ3v) is 27.5. The first-order valence-corrected chi connectivity index (χ1v) is 42.1. The van der Waals surface area contributed by atoms with E-state index in [1.54, 1.807) is 4.57 Å². The third kappa shape index (κ3) is 16.2. The van der Waals surface area contributed by atoms with Gasteiger partial charge < -0.3 is 84.2 Å². The first-order valence-electron chi connectivity index (χ1n) is 28.7. The van der Waals surface area contributed by atoms with Crippen molar-refractivity contribution < 1.29 is 93.0 Å². The van der Waals surface area contributed by atoms with Crippen molar-refractivity contribution in [2.24, 2.45) is 0 Å². The van der Waals surface area contributed by atoms with Crippen LogP contribution in [0.5, 0.6) is 0 Å². The Morgan fingerprint density at radius 3 is 1.56 bits per heavy atom. The number of aliphatic hydroxyl groups is 1. The molecule has 6 saturated heterocycles. The molecule has 14 N–H and O–H groups in total. The maximum absolute atomic E-state index is 16.3. The molecule has 0 spiro atoms. The Kier molecular flexibility index (Phi) is 24.6. The summed E-state index contributed by atoms with van der Waals surface area (Å²) in [6, 6.07) is 0. The lowest BCUT2D eigenvalue weighted by atomic mass is 10.1. The molecule has 0 amide bonds. The zero-order valence-corrected chi connectivity index (χ0v) is 58.7. The molecular formula is C50H78F2N20O20P4S4Si. The Bertz CT molecular complexity index is 4660.